The van der Waals surface area contributed by atoms with Crippen molar-refractivity contribution >= 4 is 52.4 Å². The number of aromatic nitrogens is 4. The van der Waals surface area contributed by atoms with E-state index in [0.29, 0.717) is 26.0 Å². The zero-order valence-corrected chi connectivity index (χ0v) is 20.4. The maximum absolute atomic E-state index is 6.53. The van der Waals surface area contributed by atoms with Crippen molar-refractivity contribution in [1.29, 1.82) is 0 Å². The van der Waals surface area contributed by atoms with Gasteiger partial charge in [0.25, 0.3) is 0 Å². The Kier molecular flexibility index (Phi) is 5.91. The highest BCUT2D eigenvalue weighted by molar-refractivity contribution is 6.35. The molecule has 0 unspecified atom stereocenters. The number of benzene rings is 1. The summed E-state index contributed by atoms with van der Waals surface area (Å²) in [6.07, 6.45) is 5.22. The van der Waals surface area contributed by atoms with Crippen LogP contribution in [0.4, 0.5) is 5.95 Å². The van der Waals surface area contributed by atoms with Gasteiger partial charge in [0, 0.05) is 49.2 Å². The van der Waals surface area contributed by atoms with Crippen molar-refractivity contribution in [2.45, 2.75) is 37.2 Å². The molecule has 0 bridgehead atoms. The van der Waals surface area contributed by atoms with Crippen LogP contribution in [0.25, 0.3) is 0 Å². The molecule has 3 aromatic rings. The molecule has 6 nitrogen and oxygen atoms in total. The van der Waals surface area contributed by atoms with E-state index in [0.717, 1.165) is 56.1 Å². The number of piperidine rings is 1. The van der Waals surface area contributed by atoms with Gasteiger partial charge in [-0.2, -0.15) is 0 Å². The van der Waals surface area contributed by atoms with Gasteiger partial charge >= 0.3 is 0 Å². The number of nitrogens with zero attached hydrogens (tertiary/aromatic N) is 5. The van der Waals surface area contributed by atoms with Crippen molar-refractivity contribution in [3.8, 4) is 5.88 Å². The summed E-state index contributed by atoms with van der Waals surface area (Å²) in [5, 5.41) is 11.3. The molecule has 2 aromatic heterocycles. The van der Waals surface area contributed by atoms with E-state index in [4.69, 9.17) is 51.1 Å². The molecule has 32 heavy (non-hydrogen) atoms. The van der Waals surface area contributed by atoms with Crippen LogP contribution < -0.4 is 9.64 Å². The molecule has 5 rings (SSSR count). The van der Waals surface area contributed by atoms with Crippen molar-refractivity contribution in [2.24, 2.45) is 7.05 Å². The molecule has 0 N–H and O–H groups in total. The Labute approximate surface area is 206 Å². The van der Waals surface area contributed by atoms with Crippen LogP contribution in [-0.4, -0.2) is 38.9 Å². The van der Waals surface area contributed by atoms with E-state index in [9.17, 15) is 0 Å². The van der Waals surface area contributed by atoms with Gasteiger partial charge in [0.1, 0.15) is 17.0 Å². The second-order valence-corrected chi connectivity index (χ2v) is 10.0. The molecule has 1 saturated carbocycles. The van der Waals surface area contributed by atoms with E-state index in [1.807, 2.05) is 19.2 Å². The monoisotopic (exact) mass is 511 g/mol. The number of hydrogen-bond donors (Lipinski definition) is 0. The van der Waals surface area contributed by atoms with Crippen molar-refractivity contribution in [3.05, 3.63) is 61.9 Å². The summed E-state index contributed by atoms with van der Waals surface area (Å²) in [4.78, 5) is 6.44. The Morgan fingerprint density at radius 3 is 2.34 bits per heavy atom. The predicted octanol–water partition coefficient (Wildman–Crippen LogP) is 5.95. The number of ether oxygens (including phenoxy) is 1. The topological polar surface area (TPSA) is 56.1 Å². The van der Waals surface area contributed by atoms with Gasteiger partial charge in [0.15, 0.2) is 0 Å². The number of hydrogen-bond acceptors (Lipinski definition) is 5. The van der Waals surface area contributed by atoms with Crippen LogP contribution >= 0.6 is 46.4 Å². The minimum atomic E-state index is -0.194. The van der Waals surface area contributed by atoms with Crippen LogP contribution in [0.15, 0.2) is 30.5 Å². The third kappa shape index (κ3) is 4.03. The molecule has 10 heteroatoms. The highest BCUT2D eigenvalue weighted by Crippen LogP contribution is 2.55. The summed E-state index contributed by atoms with van der Waals surface area (Å²) in [7, 11) is 2.02. The van der Waals surface area contributed by atoms with E-state index >= 15 is 0 Å². The van der Waals surface area contributed by atoms with Gasteiger partial charge in [0.05, 0.1) is 10.4 Å². The van der Waals surface area contributed by atoms with E-state index in [1.54, 1.807) is 18.3 Å². The van der Waals surface area contributed by atoms with E-state index in [1.165, 1.54) is 0 Å². The lowest BCUT2D eigenvalue weighted by molar-refractivity contribution is 0.163. The second-order valence-electron chi connectivity index (χ2n) is 8.33. The maximum atomic E-state index is 6.53. The van der Waals surface area contributed by atoms with Crippen LogP contribution in [0.1, 0.15) is 37.1 Å². The van der Waals surface area contributed by atoms with Gasteiger partial charge in [-0.15, -0.1) is 10.2 Å². The molecule has 0 atom stereocenters. The lowest BCUT2D eigenvalue weighted by Gasteiger charge is -2.32. The third-order valence-electron chi connectivity index (χ3n) is 6.25. The first-order valence-electron chi connectivity index (χ1n) is 10.5. The standard InChI is InChI=1S/C22H21Cl4N5O/c1-30-20(22(6-7-22)16-3-2-13(23)10-17(16)25)28-29-21(30)31-8-4-15(5-9-31)32-19-18(26)11-14(24)12-27-19/h2-3,10-12,15H,4-9H2,1H3. The summed E-state index contributed by atoms with van der Waals surface area (Å²) < 4.78 is 8.10. The fraction of sp³-hybridized carbons (Fsp3) is 0.409. The normalized spacial score (nSPS) is 18.1. The highest BCUT2D eigenvalue weighted by Gasteiger charge is 2.51. The molecular formula is C22H21Cl4N5O. The molecule has 1 aliphatic heterocycles. The predicted molar refractivity (Wildman–Crippen MR) is 128 cm³/mol. The number of anilines is 1. The molecule has 0 amide bonds. The quantitative estimate of drug-likeness (QED) is 0.422. The lowest BCUT2D eigenvalue weighted by Crippen LogP contribution is -2.39. The van der Waals surface area contributed by atoms with Crippen LogP contribution in [0, 0.1) is 0 Å². The van der Waals surface area contributed by atoms with Crippen molar-refractivity contribution < 1.29 is 4.74 Å². The van der Waals surface area contributed by atoms with Gasteiger partial charge in [0.2, 0.25) is 11.8 Å². The summed E-state index contributed by atoms with van der Waals surface area (Å²) >= 11 is 24.7. The van der Waals surface area contributed by atoms with Crippen LogP contribution in [-0.2, 0) is 12.5 Å². The smallest absolute Gasteiger partial charge is 0.232 e. The summed E-state index contributed by atoms with van der Waals surface area (Å²) in [5.74, 6) is 2.22. The molecule has 168 valence electrons. The largest absolute Gasteiger partial charge is 0.473 e. The molecule has 2 aliphatic rings. The first kappa shape index (κ1) is 22.1. The Morgan fingerprint density at radius 1 is 0.969 bits per heavy atom. The van der Waals surface area contributed by atoms with Crippen LogP contribution in [0.3, 0.4) is 0 Å². The highest BCUT2D eigenvalue weighted by atomic mass is 35.5. The zero-order valence-electron chi connectivity index (χ0n) is 17.4. The Hall–Kier alpha value is -1.73. The number of rotatable bonds is 5. The lowest BCUT2D eigenvalue weighted by atomic mass is 9.95. The van der Waals surface area contributed by atoms with E-state index in [-0.39, 0.29) is 11.5 Å². The molecule has 1 aliphatic carbocycles. The fourth-order valence-corrected chi connectivity index (χ4v) is 5.46. The van der Waals surface area contributed by atoms with Gasteiger partial charge < -0.3 is 9.64 Å². The Morgan fingerprint density at radius 2 is 1.69 bits per heavy atom. The molecule has 1 aromatic carbocycles. The SMILES string of the molecule is Cn1c(N2CCC(Oc3ncc(Cl)cc3Cl)CC2)nnc1C1(c2ccc(Cl)cc2Cl)CC1. The number of halogens is 4. The van der Waals surface area contributed by atoms with Crippen LogP contribution in [0.2, 0.25) is 20.1 Å². The van der Waals surface area contributed by atoms with Crippen LogP contribution in [0.5, 0.6) is 5.88 Å². The first-order chi connectivity index (χ1) is 15.4. The number of pyridine rings is 1. The van der Waals surface area contributed by atoms with E-state index in [2.05, 4.69) is 24.6 Å². The van der Waals surface area contributed by atoms with Crippen molar-refractivity contribution in [2.75, 3.05) is 18.0 Å². The zero-order chi connectivity index (χ0) is 22.5. The summed E-state index contributed by atoms with van der Waals surface area (Å²) in [5.41, 5.74) is 0.866. The van der Waals surface area contributed by atoms with E-state index < -0.39 is 0 Å². The summed E-state index contributed by atoms with van der Waals surface area (Å²) in [6.45, 7) is 1.60. The third-order valence-corrected chi connectivity index (χ3v) is 7.28. The molecule has 1 saturated heterocycles. The molecule has 0 spiro atoms. The molecule has 2 fully saturated rings. The second kappa shape index (κ2) is 8.56. The van der Waals surface area contributed by atoms with Gasteiger partial charge in [-0.05, 0) is 36.6 Å². The average molecular weight is 513 g/mol. The minimum absolute atomic E-state index is 0.0350. The fourth-order valence-electron chi connectivity index (χ4n) is 4.45. The van der Waals surface area contributed by atoms with Gasteiger partial charge in [-0.3, -0.25) is 4.57 Å². The van der Waals surface area contributed by atoms with Gasteiger partial charge in [-0.1, -0.05) is 52.5 Å². The molecular weight excluding hydrogens is 492 g/mol. The maximum Gasteiger partial charge on any atom is 0.232 e. The van der Waals surface area contributed by atoms with Crippen molar-refractivity contribution in [3.63, 3.8) is 0 Å². The Bertz CT molecular complexity index is 1160. The average Bonchev–Trinajstić information content (AvgIpc) is 3.46. The minimum Gasteiger partial charge on any atom is -0.473 e. The summed E-state index contributed by atoms with van der Waals surface area (Å²) in [6, 6.07) is 7.32. The first-order valence-corrected chi connectivity index (χ1v) is 12.0. The van der Waals surface area contributed by atoms with Crippen molar-refractivity contribution in [1.82, 2.24) is 19.7 Å². The van der Waals surface area contributed by atoms with Gasteiger partial charge in [-0.25, -0.2) is 4.98 Å². The Balaban J connectivity index is 1.29. The molecule has 3 heterocycles. The molecule has 0 radical (unpaired) electrons.